The van der Waals surface area contributed by atoms with Gasteiger partial charge in [-0.25, -0.2) is 13.6 Å². The van der Waals surface area contributed by atoms with Crippen LogP contribution in [0.15, 0.2) is 45.8 Å². The molecule has 2 atom stereocenters. The second-order valence-corrected chi connectivity index (χ2v) is 9.51. The van der Waals surface area contributed by atoms with E-state index in [4.69, 9.17) is 5.14 Å². The molecule has 1 heterocycles. The summed E-state index contributed by atoms with van der Waals surface area (Å²) in [5, 5.41) is 5.14. The van der Waals surface area contributed by atoms with E-state index < -0.39 is 15.9 Å². The van der Waals surface area contributed by atoms with Crippen LogP contribution in [0.25, 0.3) is 0 Å². The average Bonchev–Trinajstić information content (AvgIpc) is 2.85. The molecule has 2 N–H and O–H groups in total. The highest BCUT2D eigenvalue weighted by Crippen LogP contribution is 2.66. The maximum atomic E-state index is 13.3. The first-order valence-electron chi connectivity index (χ1n) is 8.65. The highest BCUT2D eigenvalue weighted by molar-refractivity contribution is 7.89. The van der Waals surface area contributed by atoms with Crippen molar-refractivity contribution in [1.29, 1.82) is 0 Å². The van der Waals surface area contributed by atoms with Crippen LogP contribution in [-0.2, 0) is 10.0 Å². The number of nitrogens with two attached hydrogens (primary N) is 1. The van der Waals surface area contributed by atoms with E-state index in [1.807, 2.05) is 12.1 Å². The van der Waals surface area contributed by atoms with Gasteiger partial charge in [-0.2, -0.15) is 8.78 Å². The molecule has 26 heavy (non-hydrogen) atoms. The quantitative estimate of drug-likeness (QED) is 0.811. The molecular weight excluding hydrogens is 358 g/mol. The van der Waals surface area contributed by atoms with E-state index in [-0.39, 0.29) is 16.0 Å². The highest BCUT2D eigenvalue weighted by Gasteiger charge is 2.57. The van der Waals surface area contributed by atoms with Gasteiger partial charge in [0.2, 0.25) is 10.0 Å². The Morgan fingerprint density at radius 3 is 2.38 bits per heavy atom. The molecule has 2 unspecified atom stereocenters. The summed E-state index contributed by atoms with van der Waals surface area (Å²) in [6, 6.07) is 6.72. The third-order valence-corrected chi connectivity index (χ3v) is 6.57. The number of aliphatic imine (C=N–C) groups is 1. The molecule has 1 saturated carbocycles. The molecule has 0 saturated heterocycles. The summed E-state index contributed by atoms with van der Waals surface area (Å²) >= 11 is 0. The molecule has 1 fully saturated rings. The number of sulfonamides is 1. The van der Waals surface area contributed by atoms with Gasteiger partial charge in [0, 0.05) is 6.92 Å². The van der Waals surface area contributed by atoms with Crippen molar-refractivity contribution in [3.8, 4) is 0 Å². The van der Waals surface area contributed by atoms with E-state index in [0.29, 0.717) is 18.4 Å². The van der Waals surface area contributed by atoms with E-state index in [0.717, 1.165) is 30.9 Å². The van der Waals surface area contributed by atoms with Gasteiger partial charge in [0.25, 0.3) is 5.92 Å². The van der Waals surface area contributed by atoms with Crippen LogP contribution in [0.5, 0.6) is 0 Å². The fraction of sp³-hybridized carbons (Fsp3) is 0.526. The smallest absolute Gasteiger partial charge is 0.279 e. The van der Waals surface area contributed by atoms with Crippen molar-refractivity contribution >= 4 is 15.7 Å². The molecule has 142 valence electrons. The van der Waals surface area contributed by atoms with E-state index in [1.54, 1.807) is 12.1 Å². The minimum absolute atomic E-state index is 0.0979. The molecule has 0 amide bonds. The standard InChI is InChI=1S/C19H24F2N2O2S/c1-18(2)15(9-4-12-10-16(23-11-12)19(3,20)21)17(18)13-5-7-14(8-6-13)26(22,24)25/h5-8,10,15,17H,4,9,11H2,1-3H3,(H2,22,24,25). The van der Waals surface area contributed by atoms with Gasteiger partial charge >= 0.3 is 0 Å². The lowest BCUT2D eigenvalue weighted by atomic mass is 10.0. The number of hydrogen-bond donors (Lipinski definition) is 1. The molecule has 4 nitrogen and oxygen atoms in total. The Morgan fingerprint density at radius 2 is 1.88 bits per heavy atom. The molecule has 3 rings (SSSR count). The van der Waals surface area contributed by atoms with E-state index in [9.17, 15) is 17.2 Å². The molecule has 1 aliphatic carbocycles. The van der Waals surface area contributed by atoms with Crippen LogP contribution in [0.1, 0.15) is 45.1 Å². The zero-order valence-corrected chi connectivity index (χ0v) is 16.0. The largest absolute Gasteiger partial charge is 0.286 e. The van der Waals surface area contributed by atoms with Gasteiger partial charge in [-0.15, -0.1) is 0 Å². The van der Waals surface area contributed by atoms with Gasteiger partial charge < -0.3 is 0 Å². The maximum absolute atomic E-state index is 13.3. The first-order chi connectivity index (χ1) is 11.9. The average molecular weight is 382 g/mol. The summed E-state index contributed by atoms with van der Waals surface area (Å²) in [6.45, 7) is 5.60. The van der Waals surface area contributed by atoms with Crippen molar-refractivity contribution in [2.45, 2.75) is 50.3 Å². The van der Waals surface area contributed by atoms with Gasteiger partial charge in [-0.3, -0.25) is 4.99 Å². The number of hydrogen-bond acceptors (Lipinski definition) is 3. The van der Waals surface area contributed by atoms with Crippen LogP contribution in [0.3, 0.4) is 0 Å². The van der Waals surface area contributed by atoms with Crippen LogP contribution >= 0.6 is 0 Å². The Hall–Kier alpha value is -1.60. The van der Waals surface area contributed by atoms with Crippen LogP contribution in [0.4, 0.5) is 8.78 Å². The zero-order valence-electron chi connectivity index (χ0n) is 15.2. The summed E-state index contributed by atoms with van der Waals surface area (Å²) in [7, 11) is -3.69. The highest BCUT2D eigenvalue weighted by atomic mass is 32.2. The van der Waals surface area contributed by atoms with Gasteiger partial charge in [0.15, 0.2) is 0 Å². The fourth-order valence-corrected chi connectivity index (χ4v) is 4.55. The summed E-state index contributed by atoms with van der Waals surface area (Å²) in [4.78, 5) is 4.05. The van der Waals surface area contributed by atoms with Crippen molar-refractivity contribution in [1.82, 2.24) is 0 Å². The van der Waals surface area contributed by atoms with Gasteiger partial charge in [0.05, 0.1) is 11.4 Å². The minimum Gasteiger partial charge on any atom is -0.279 e. The molecule has 1 aliphatic heterocycles. The zero-order chi connectivity index (χ0) is 19.3. The van der Waals surface area contributed by atoms with Crippen molar-refractivity contribution in [3.05, 3.63) is 41.5 Å². The lowest BCUT2D eigenvalue weighted by Crippen LogP contribution is -2.21. The van der Waals surface area contributed by atoms with Crippen LogP contribution in [-0.4, -0.2) is 26.6 Å². The lowest BCUT2D eigenvalue weighted by Gasteiger charge is -2.06. The first-order valence-corrected chi connectivity index (χ1v) is 10.2. The molecule has 0 radical (unpaired) electrons. The predicted octanol–water partition coefficient (Wildman–Crippen LogP) is 3.89. The Labute approximate surface area is 153 Å². The summed E-state index contributed by atoms with van der Waals surface area (Å²) in [6.07, 6.45) is 3.19. The van der Waals surface area contributed by atoms with Crippen molar-refractivity contribution in [3.63, 3.8) is 0 Å². The molecular formula is C19H24F2N2O2S. The Morgan fingerprint density at radius 1 is 1.27 bits per heavy atom. The molecule has 2 aliphatic rings. The SMILES string of the molecule is CC(F)(F)C1=NCC(CCC2C(c3ccc(S(N)(=O)=O)cc3)C2(C)C)=C1. The summed E-state index contributed by atoms with van der Waals surface area (Å²) in [5.74, 6) is -2.13. The number of halogens is 2. The Kier molecular flexibility index (Phi) is 4.60. The molecule has 7 heteroatoms. The number of allylic oxidation sites excluding steroid dienone is 1. The fourth-order valence-electron chi connectivity index (χ4n) is 4.04. The molecule has 0 aromatic heterocycles. The second-order valence-electron chi connectivity index (χ2n) is 7.95. The van der Waals surface area contributed by atoms with E-state index in [2.05, 4.69) is 18.8 Å². The summed E-state index contributed by atoms with van der Waals surface area (Å²) in [5.41, 5.74) is 2.01. The normalized spacial score (nSPS) is 25.0. The maximum Gasteiger partial charge on any atom is 0.286 e. The van der Waals surface area contributed by atoms with Crippen molar-refractivity contribution in [2.75, 3.05) is 6.54 Å². The molecule has 1 aromatic rings. The Bertz CT molecular complexity index is 866. The van der Waals surface area contributed by atoms with Gasteiger partial charge in [0.1, 0.15) is 5.71 Å². The van der Waals surface area contributed by atoms with Gasteiger partial charge in [-0.05, 0) is 59.4 Å². The second kappa shape index (κ2) is 6.23. The minimum atomic E-state index is -3.69. The van der Waals surface area contributed by atoms with Crippen LogP contribution in [0.2, 0.25) is 0 Å². The number of rotatable bonds is 6. The van der Waals surface area contributed by atoms with Crippen LogP contribution < -0.4 is 5.14 Å². The van der Waals surface area contributed by atoms with E-state index >= 15 is 0 Å². The third kappa shape index (κ3) is 3.74. The van der Waals surface area contributed by atoms with Crippen molar-refractivity contribution in [2.24, 2.45) is 21.5 Å². The molecule has 0 bridgehead atoms. The van der Waals surface area contributed by atoms with Crippen LogP contribution in [0, 0.1) is 11.3 Å². The number of alkyl halides is 2. The van der Waals surface area contributed by atoms with Crippen molar-refractivity contribution < 1.29 is 17.2 Å². The third-order valence-electron chi connectivity index (χ3n) is 5.64. The lowest BCUT2D eigenvalue weighted by molar-refractivity contribution is 0.102. The summed E-state index contributed by atoms with van der Waals surface area (Å²) < 4.78 is 49.4. The topological polar surface area (TPSA) is 72.5 Å². The number of nitrogens with zero attached hydrogens (tertiary/aromatic N) is 1. The molecule has 0 spiro atoms. The van der Waals surface area contributed by atoms with Gasteiger partial charge in [-0.1, -0.05) is 26.0 Å². The van der Waals surface area contributed by atoms with E-state index in [1.165, 1.54) is 6.08 Å². The number of primary sulfonamides is 1. The molecule has 1 aromatic carbocycles. The monoisotopic (exact) mass is 382 g/mol. The number of benzene rings is 1. The predicted molar refractivity (Wildman–Crippen MR) is 98.1 cm³/mol. The first kappa shape index (κ1) is 19.2. The Balaban J connectivity index is 1.64.